The van der Waals surface area contributed by atoms with Crippen molar-refractivity contribution < 1.29 is 0 Å². The fourth-order valence-corrected chi connectivity index (χ4v) is 3.81. The van der Waals surface area contributed by atoms with Gasteiger partial charge in [0.1, 0.15) is 18.2 Å². The van der Waals surface area contributed by atoms with Gasteiger partial charge in [-0.15, -0.1) is 34.2 Å². The van der Waals surface area contributed by atoms with Gasteiger partial charge in [-0.25, -0.2) is 9.98 Å². The molecule has 1 aliphatic heterocycles. The Bertz CT molecular complexity index is 805. The number of aliphatic imine (C=N–C) groups is 1. The molecule has 154 valence electrons. The van der Waals surface area contributed by atoms with E-state index in [1.54, 1.807) is 0 Å². The molecule has 1 saturated heterocycles. The summed E-state index contributed by atoms with van der Waals surface area (Å²) >= 11 is 1.50. The normalized spacial score (nSPS) is 17.6. The van der Waals surface area contributed by atoms with Gasteiger partial charge in [-0.05, 0) is 19.8 Å². The molecule has 0 bridgehead atoms. The molecule has 1 aliphatic carbocycles. The van der Waals surface area contributed by atoms with E-state index < -0.39 is 0 Å². The molecule has 11 heteroatoms. The van der Waals surface area contributed by atoms with Crippen LogP contribution in [0.1, 0.15) is 37.2 Å². The molecule has 0 atom stereocenters. The second-order valence-electron chi connectivity index (χ2n) is 7.10. The first-order valence-corrected chi connectivity index (χ1v) is 10.4. The van der Waals surface area contributed by atoms with Gasteiger partial charge in [-0.2, -0.15) is 4.37 Å². The standard InChI is InChI=1S/C17H27N9S.HI/c1-4-14-20-17(27-23-14)26-9-7-25(8-10-26)16(19-13-5-6-13)18-11-15-22-21-12(2)24(15)3;/h13H,4-11H2,1-3H3,(H,18,19);1H. The zero-order valence-electron chi connectivity index (χ0n) is 16.6. The summed E-state index contributed by atoms with van der Waals surface area (Å²) in [5.41, 5.74) is 0. The molecule has 0 spiro atoms. The molecule has 2 aromatic heterocycles. The van der Waals surface area contributed by atoms with E-state index in [2.05, 4.69) is 41.6 Å². The zero-order chi connectivity index (χ0) is 18.8. The van der Waals surface area contributed by atoms with Gasteiger partial charge in [0.05, 0.1) is 0 Å². The van der Waals surface area contributed by atoms with Crippen LogP contribution in [-0.4, -0.2) is 67.2 Å². The lowest BCUT2D eigenvalue weighted by atomic mass is 10.3. The molecular weight excluding hydrogens is 489 g/mol. The number of guanidine groups is 1. The van der Waals surface area contributed by atoms with E-state index in [9.17, 15) is 0 Å². The average molecular weight is 517 g/mol. The Morgan fingerprint density at radius 3 is 2.54 bits per heavy atom. The van der Waals surface area contributed by atoms with Crippen LogP contribution in [0.25, 0.3) is 0 Å². The minimum atomic E-state index is 0. The van der Waals surface area contributed by atoms with Crippen molar-refractivity contribution >= 4 is 46.6 Å². The fraction of sp³-hybridized carbons (Fsp3) is 0.706. The van der Waals surface area contributed by atoms with E-state index in [-0.39, 0.29) is 24.0 Å². The molecule has 2 aliphatic rings. The van der Waals surface area contributed by atoms with Crippen LogP contribution in [0, 0.1) is 6.92 Å². The van der Waals surface area contributed by atoms with E-state index in [1.165, 1.54) is 24.4 Å². The van der Waals surface area contributed by atoms with Crippen LogP contribution in [0.15, 0.2) is 4.99 Å². The highest BCUT2D eigenvalue weighted by atomic mass is 127. The summed E-state index contributed by atoms with van der Waals surface area (Å²) in [4.78, 5) is 14.1. The lowest BCUT2D eigenvalue weighted by molar-refractivity contribution is 0.371. The first-order chi connectivity index (χ1) is 13.1. The van der Waals surface area contributed by atoms with E-state index in [1.807, 2.05) is 18.5 Å². The van der Waals surface area contributed by atoms with Gasteiger partial charge in [0.15, 0.2) is 11.8 Å². The quantitative estimate of drug-likeness (QED) is 0.366. The Labute approximate surface area is 186 Å². The molecule has 28 heavy (non-hydrogen) atoms. The summed E-state index contributed by atoms with van der Waals surface area (Å²) in [7, 11) is 1.99. The molecule has 0 amide bonds. The van der Waals surface area contributed by atoms with Gasteiger partial charge in [0.2, 0.25) is 5.13 Å². The van der Waals surface area contributed by atoms with Gasteiger partial charge < -0.3 is 19.7 Å². The smallest absolute Gasteiger partial charge is 0.205 e. The maximum Gasteiger partial charge on any atom is 0.205 e. The largest absolute Gasteiger partial charge is 0.353 e. The van der Waals surface area contributed by atoms with E-state index in [0.717, 1.165) is 61.2 Å². The lowest BCUT2D eigenvalue weighted by Gasteiger charge is -2.36. The molecule has 2 fully saturated rings. The van der Waals surface area contributed by atoms with Crippen molar-refractivity contribution in [1.82, 2.24) is 34.3 Å². The highest BCUT2D eigenvalue weighted by molar-refractivity contribution is 14.0. The Kier molecular flexibility index (Phi) is 7.07. The molecule has 0 unspecified atom stereocenters. The SMILES string of the molecule is CCc1nsc(N2CCN(C(=NCc3nnc(C)n3C)NC3CC3)CC2)n1.I. The van der Waals surface area contributed by atoms with Crippen molar-refractivity contribution in [2.45, 2.75) is 45.7 Å². The van der Waals surface area contributed by atoms with E-state index >= 15 is 0 Å². The van der Waals surface area contributed by atoms with Crippen molar-refractivity contribution in [2.75, 3.05) is 31.1 Å². The zero-order valence-corrected chi connectivity index (χ0v) is 19.8. The third kappa shape index (κ3) is 4.91. The molecule has 3 heterocycles. The summed E-state index contributed by atoms with van der Waals surface area (Å²) in [6.07, 6.45) is 3.35. The van der Waals surface area contributed by atoms with Crippen LogP contribution < -0.4 is 10.2 Å². The number of hydrogen-bond acceptors (Lipinski definition) is 7. The lowest BCUT2D eigenvalue weighted by Crippen LogP contribution is -2.53. The van der Waals surface area contributed by atoms with Crippen LogP contribution in [0.5, 0.6) is 0 Å². The average Bonchev–Trinajstić information content (AvgIpc) is 3.28. The van der Waals surface area contributed by atoms with Crippen molar-refractivity contribution in [3.63, 3.8) is 0 Å². The monoisotopic (exact) mass is 517 g/mol. The first kappa shape index (κ1) is 21.2. The summed E-state index contributed by atoms with van der Waals surface area (Å²) in [6, 6.07) is 0.568. The second-order valence-corrected chi connectivity index (χ2v) is 7.83. The van der Waals surface area contributed by atoms with Crippen molar-refractivity contribution in [1.29, 1.82) is 0 Å². The van der Waals surface area contributed by atoms with Crippen LogP contribution in [0.2, 0.25) is 0 Å². The van der Waals surface area contributed by atoms with Crippen molar-refractivity contribution in [3.8, 4) is 0 Å². The number of aromatic nitrogens is 5. The molecule has 1 N–H and O–H groups in total. The van der Waals surface area contributed by atoms with Crippen LogP contribution >= 0.6 is 35.5 Å². The number of hydrogen-bond donors (Lipinski definition) is 1. The summed E-state index contributed by atoms with van der Waals surface area (Å²) in [5.74, 6) is 3.73. The molecule has 9 nitrogen and oxygen atoms in total. The van der Waals surface area contributed by atoms with Gasteiger partial charge in [0.25, 0.3) is 0 Å². The minimum Gasteiger partial charge on any atom is -0.353 e. The van der Waals surface area contributed by atoms with Crippen LogP contribution in [0.4, 0.5) is 5.13 Å². The third-order valence-electron chi connectivity index (χ3n) is 5.09. The molecule has 0 radical (unpaired) electrons. The molecular formula is C17H28IN9S. The van der Waals surface area contributed by atoms with E-state index in [4.69, 9.17) is 4.99 Å². The number of nitrogens with zero attached hydrogens (tertiary/aromatic N) is 8. The number of halogens is 1. The van der Waals surface area contributed by atoms with Crippen LogP contribution in [0.3, 0.4) is 0 Å². The highest BCUT2D eigenvalue weighted by Crippen LogP contribution is 2.21. The topological polar surface area (TPSA) is 87.4 Å². The Balaban J connectivity index is 0.00000225. The number of nitrogens with one attached hydrogen (secondary N) is 1. The van der Waals surface area contributed by atoms with Crippen molar-refractivity contribution in [3.05, 3.63) is 17.5 Å². The van der Waals surface area contributed by atoms with Gasteiger partial charge in [-0.1, -0.05) is 6.92 Å². The molecule has 2 aromatic rings. The first-order valence-electron chi connectivity index (χ1n) is 9.62. The predicted octanol–water partition coefficient (Wildman–Crippen LogP) is 1.59. The van der Waals surface area contributed by atoms with Crippen molar-refractivity contribution in [2.24, 2.45) is 12.0 Å². The van der Waals surface area contributed by atoms with Gasteiger partial charge >= 0.3 is 0 Å². The highest BCUT2D eigenvalue weighted by Gasteiger charge is 2.27. The minimum absolute atomic E-state index is 0. The number of piperazine rings is 1. The summed E-state index contributed by atoms with van der Waals surface area (Å²) in [5, 5.41) is 13.0. The summed E-state index contributed by atoms with van der Waals surface area (Å²) in [6.45, 7) is 8.33. The summed E-state index contributed by atoms with van der Waals surface area (Å²) < 4.78 is 6.41. The Morgan fingerprint density at radius 1 is 1.21 bits per heavy atom. The fourth-order valence-electron chi connectivity index (χ4n) is 3.01. The second kappa shape index (κ2) is 9.33. The number of aryl methyl sites for hydroxylation is 2. The van der Waals surface area contributed by atoms with Gasteiger partial charge in [-0.3, -0.25) is 0 Å². The Morgan fingerprint density at radius 2 is 1.96 bits per heavy atom. The predicted molar refractivity (Wildman–Crippen MR) is 122 cm³/mol. The number of anilines is 1. The maximum absolute atomic E-state index is 4.85. The molecule has 1 saturated carbocycles. The molecule has 0 aromatic carbocycles. The van der Waals surface area contributed by atoms with Gasteiger partial charge in [0, 0.05) is 57.2 Å². The Hall–Kier alpha value is -1.50. The van der Waals surface area contributed by atoms with Crippen LogP contribution in [-0.2, 0) is 20.0 Å². The third-order valence-corrected chi connectivity index (χ3v) is 5.90. The maximum atomic E-state index is 4.85. The number of rotatable bonds is 5. The molecule has 4 rings (SSSR count). The van der Waals surface area contributed by atoms with E-state index in [0.29, 0.717) is 12.6 Å².